The van der Waals surface area contributed by atoms with Gasteiger partial charge in [0.2, 0.25) is 0 Å². The van der Waals surface area contributed by atoms with Gasteiger partial charge in [-0.3, -0.25) is 0 Å². The van der Waals surface area contributed by atoms with Crippen molar-refractivity contribution < 1.29 is 4.74 Å². The quantitative estimate of drug-likeness (QED) is 0.842. The zero-order valence-electron chi connectivity index (χ0n) is 11.7. The Balaban J connectivity index is 1.87. The van der Waals surface area contributed by atoms with Crippen molar-refractivity contribution in [1.29, 1.82) is 0 Å². The van der Waals surface area contributed by atoms with Crippen molar-refractivity contribution in [2.45, 2.75) is 44.8 Å². The van der Waals surface area contributed by atoms with E-state index in [0.29, 0.717) is 12.1 Å². The van der Waals surface area contributed by atoms with Crippen LogP contribution in [0.3, 0.4) is 0 Å². The highest BCUT2D eigenvalue weighted by Gasteiger charge is 2.17. The number of rotatable bonds is 6. The van der Waals surface area contributed by atoms with Crippen LogP contribution in [0.1, 0.15) is 31.7 Å². The van der Waals surface area contributed by atoms with E-state index in [-0.39, 0.29) is 0 Å². The van der Waals surface area contributed by atoms with Crippen LogP contribution in [0.25, 0.3) is 0 Å². The Bertz CT molecular complexity index is 405. The molecule has 0 radical (unpaired) electrons. The van der Waals surface area contributed by atoms with Crippen LogP contribution in [0.4, 0.5) is 0 Å². The normalized spacial score (nSPS) is 20.5. The van der Waals surface area contributed by atoms with Crippen molar-refractivity contribution in [3.8, 4) is 5.75 Å². The summed E-state index contributed by atoms with van der Waals surface area (Å²) in [6, 6.07) is 6.90. The molecule has 0 saturated carbocycles. The number of hydrogen-bond donors (Lipinski definition) is 2. The maximum Gasteiger partial charge on any atom is 0.124 e. The van der Waals surface area contributed by atoms with Gasteiger partial charge < -0.3 is 15.4 Å². The molecule has 2 N–H and O–H groups in total. The maximum atomic E-state index is 6.23. The molecule has 2 atom stereocenters. The predicted molar refractivity (Wildman–Crippen MR) is 79.9 cm³/mol. The molecule has 4 heteroatoms. The Morgan fingerprint density at radius 1 is 1.53 bits per heavy atom. The molecular weight excluding hydrogens is 260 g/mol. The Labute approximate surface area is 120 Å². The van der Waals surface area contributed by atoms with Gasteiger partial charge in [-0.2, -0.15) is 0 Å². The van der Waals surface area contributed by atoms with Gasteiger partial charge in [-0.05, 0) is 44.9 Å². The van der Waals surface area contributed by atoms with Crippen molar-refractivity contribution in [1.82, 2.24) is 10.6 Å². The third kappa shape index (κ3) is 4.10. The fourth-order valence-electron chi connectivity index (χ4n) is 2.65. The minimum Gasteiger partial charge on any atom is -0.496 e. The number of methoxy groups -OCH3 is 1. The second kappa shape index (κ2) is 7.13. The SMILES string of the molecule is COc1cccc(Cl)c1CNC(C)CC1CCCN1. The average Bonchev–Trinajstić information content (AvgIpc) is 2.89. The lowest BCUT2D eigenvalue weighted by Gasteiger charge is -2.19. The number of ether oxygens (including phenoxy) is 1. The summed E-state index contributed by atoms with van der Waals surface area (Å²) in [5, 5.41) is 7.83. The van der Waals surface area contributed by atoms with Crippen LogP contribution in [-0.4, -0.2) is 25.7 Å². The number of benzene rings is 1. The molecule has 1 heterocycles. The van der Waals surface area contributed by atoms with Crippen LogP contribution in [-0.2, 0) is 6.54 Å². The molecule has 1 aromatic rings. The molecule has 0 bridgehead atoms. The van der Waals surface area contributed by atoms with Crippen LogP contribution >= 0.6 is 11.6 Å². The first kappa shape index (κ1) is 14.6. The lowest BCUT2D eigenvalue weighted by Crippen LogP contribution is -2.33. The van der Waals surface area contributed by atoms with Gasteiger partial charge in [-0.15, -0.1) is 0 Å². The number of nitrogens with one attached hydrogen (secondary N) is 2. The highest BCUT2D eigenvalue weighted by molar-refractivity contribution is 6.31. The molecule has 1 saturated heterocycles. The summed E-state index contributed by atoms with van der Waals surface area (Å²) in [6.07, 6.45) is 3.75. The zero-order chi connectivity index (χ0) is 13.7. The third-order valence-corrected chi connectivity index (χ3v) is 4.08. The largest absolute Gasteiger partial charge is 0.496 e. The fourth-order valence-corrected chi connectivity index (χ4v) is 2.88. The summed E-state index contributed by atoms with van der Waals surface area (Å²) in [5.41, 5.74) is 1.04. The lowest BCUT2D eigenvalue weighted by atomic mass is 10.1. The fraction of sp³-hybridized carbons (Fsp3) is 0.600. The van der Waals surface area contributed by atoms with Crippen molar-refractivity contribution in [2.24, 2.45) is 0 Å². The summed E-state index contributed by atoms with van der Waals surface area (Å²) >= 11 is 6.23. The highest BCUT2D eigenvalue weighted by atomic mass is 35.5. The van der Waals surface area contributed by atoms with Gasteiger partial charge >= 0.3 is 0 Å². The van der Waals surface area contributed by atoms with Crippen molar-refractivity contribution in [3.05, 3.63) is 28.8 Å². The van der Waals surface area contributed by atoms with Crippen LogP contribution in [0.2, 0.25) is 5.02 Å². The van der Waals surface area contributed by atoms with E-state index in [1.54, 1.807) is 7.11 Å². The Morgan fingerprint density at radius 2 is 2.37 bits per heavy atom. The van der Waals surface area contributed by atoms with E-state index in [2.05, 4.69) is 17.6 Å². The van der Waals surface area contributed by atoms with Crippen LogP contribution in [0.15, 0.2) is 18.2 Å². The summed E-state index contributed by atoms with van der Waals surface area (Å²) in [7, 11) is 1.68. The summed E-state index contributed by atoms with van der Waals surface area (Å²) in [6.45, 7) is 4.13. The molecule has 1 aliphatic rings. The highest BCUT2D eigenvalue weighted by Crippen LogP contribution is 2.26. The first-order chi connectivity index (χ1) is 9.20. The Morgan fingerprint density at radius 3 is 3.05 bits per heavy atom. The molecular formula is C15H23ClN2O. The molecule has 0 aliphatic carbocycles. The van der Waals surface area contributed by atoms with Crippen molar-refractivity contribution in [2.75, 3.05) is 13.7 Å². The van der Waals surface area contributed by atoms with E-state index in [1.807, 2.05) is 18.2 Å². The number of halogens is 1. The minimum absolute atomic E-state index is 0.469. The smallest absolute Gasteiger partial charge is 0.124 e. The third-order valence-electron chi connectivity index (χ3n) is 3.72. The van der Waals surface area contributed by atoms with Crippen LogP contribution in [0, 0.1) is 0 Å². The molecule has 2 rings (SSSR count). The predicted octanol–water partition coefficient (Wildman–Crippen LogP) is 2.97. The van der Waals surface area contributed by atoms with Crippen LogP contribution < -0.4 is 15.4 Å². The van der Waals surface area contributed by atoms with Crippen LogP contribution in [0.5, 0.6) is 5.75 Å². The molecule has 1 aromatic carbocycles. The van der Waals surface area contributed by atoms with Gasteiger partial charge in [0.05, 0.1) is 7.11 Å². The minimum atomic E-state index is 0.469. The Hall–Kier alpha value is -0.770. The second-order valence-corrected chi connectivity index (χ2v) is 5.64. The van der Waals surface area contributed by atoms with E-state index >= 15 is 0 Å². The summed E-state index contributed by atoms with van der Waals surface area (Å²) in [4.78, 5) is 0. The van der Waals surface area contributed by atoms with Gasteiger partial charge in [-0.1, -0.05) is 17.7 Å². The number of hydrogen-bond acceptors (Lipinski definition) is 3. The van der Waals surface area contributed by atoms with E-state index in [4.69, 9.17) is 16.3 Å². The second-order valence-electron chi connectivity index (χ2n) is 5.23. The molecule has 1 fully saturated rings. The first-order valence-electron chi connectivity index (χ1n) is 6.99. The molecule has 0 amide bonds. The van der Waals surface area contributed by atoms with Gasteiger partial charge in [0.1, 0.15) is 5.75 Å². The summed E-state index contributed by atoms with van der Waals surface area (Å²) in [5.74, 6) is 0.853. The van der Waals surface area contributed by atoms with E-state index in [0.717, 1.165) is 35.8 Å². The van der Waals surface area contributed by atoms with Gasteiger partial charge in [-0.25, -0.2) is 0 Å². The maximum absolute atomic E-state index is 6.23. The standard InChI is InChI=1S/C15H23ClN2O/c1-11(9-12-5-4-8-17-12)18-10-13-14(16)6-3-7-15(13)19-2/h3,6-7,11-12,17-18H,4-5,8-10H2,1-2H3. The zero-order valence-corrected chi connectivity index (χ0v) is 12.5. The monoisotopic (exact) mass is 282 g/mol. The molecule has 1 aliphatic heterocycles. The average molecular weight is 283 g/mol. The first-order valence-corrected chi connectivity index (χ1v) is 7.36. The molecule has 0 aromatic heterocycles. The van der Waals surface area contributed by atoms with Gasteiger partial charge in [0, 0.05) is 29.2 Å². The molecule has 106 valence electrons. The van der Waals surface area contributed by atoms with Crippen molar-refractivity contribution in [3.63, 3.8) is 0 Å². The van der Waals surface area contributed by atoms with E-state index in [9.17, 15) is 0 Å². The van der Waals surface area contributed by atoms with Gasteiger partial charge in [0.25, 0.3) is 0 Å². The molecule has 2 unspecified atom stereocenters. The molecule has 0 spiro atoms. The topological polar surface area (TPSA) is 33.3 Å². The van der Waals surface area contributed by atoms with E-state index < -0.39 is 0 Å². The summed E-state index contributed by atoms with van der Waals surface area (Å²) < 4.78 is 5.36. The Kier molecular flexibility index (Phi) is 5.49. The molecule has 19 heavy (non-hydrogen) atoms. The lowest BCUT2D eigenvalue weighted by molar-refractivity contribution is 0.400. The van der Waals surface area contributed by atoms with E-state index in [1.165, 1.54) is 12.8 Å². The van der Waals surface area contributed by atoms with Crippen molar-refractivity contribution >= 4 is 11.6 Å². The van der Waals surface area contributed by atoms with Gasteiger partial charge in [0.15, 0.2) is 0 Å². The molecule has 3 nitrogen and oxygen atoms in total.